The van der Waals surface area contributed by atoms with Crippen molar-refractivity contribution in [3.63, 3.8) is 0 Å². The third-order valence-electron chi connectivity index (χ3n) is 6.89. The van der Waals surface area contributed by atoms with Crippen LogP contribution in [0.3, 0.4) is 0 Å². The van der Waals surface area contributed by atoms with E-state index in [0.717, 1.165) is 18.9 Å². The van der Waals surface area contributed by atoms with Crippen LogP contribution in [0.1, 0.15) is 36.8 Å². The van der Waals surface area contributed by atoms with Crippen LogP contribution >= 0.6 is 11.6 Å². The van der Waals surface area contributed by atoms with Gasteiger partial charge >= 0.3 is 24.4 Å². The summed E-state index contributed by atoms with van der Waals surface area (Å²) in [4.78, 5) is 23.1. The van der Waals surface area contributed by atoms with Crippen LogP contribution in [0.25, 0.3) is 0 Å². The molecule has 4 amide bonds. The predicted molar refractivity (Wildman–Crippen MR) is 139 cm³/mol. The predicted octanol–water partition coefficient (Wildman–Crippen LogP) is 6.92. The smallest absolute Gasteiger partial charge is 0.310 e. The van der Waals surface area contributed by atoms with Gasteiger partial charge in [-0.25, -0.2) is 18.4 Å². The lowest BCUT2D eigenvalue weighted by molar-refractivity contribution is -0.179. The maximum Gasteiger partial charge on any atom is 0.427 e. The van der Waals surface area contributed by atoms with Crippen molar-refractivity contribution in [2.75, 3.05) is 10.6 Å². The molecule has 6 rings (SSSR count). The number of carbonyl (C=O) groups excluding carboxylic acids is 2. The molecule has 4 N–H and O–H groups in total. The number of urea groups is 2. The van der Waals surface area contributed by atoms with Crippen LogP contribution in [0.5, 0.6) is 0 Å². The molecule has 4 aliphatic rings. The lowest BCUT2D eigenvalue weighted by Crippen LogP contribution is -2.59. The van der Waals surface area contributed by atoms with Crippen molar-refractivity contribution in [1.29, 1.82) is 0 Å². The largest absolute Gasteiger partial charge is 0.427 e. The Morgan fingerprint density at radius 3 is 1.77 bits per heavy atom. The fourth-order valence-electron chi connectivity index (χ4n) is 4.38. The number of anilines is 2. The van der Waals surface area contributed by atoms with Crippen LogP contribution in [0.4, 0.5) is 56.1 Å². The number of hydrogen-bond acceptors (Lipinski definition) is 2. The van der Waals surface area contributed by atoms with Crippen LogP contribution in [0.15, 0.2) is 30.3 Å². The second kappa shape index (κ2) is 10.5. The van der Waals surface area contributed by atoms with E-state index in [2.05, 4.69) is 23.1 Å². The third kappa shape index (κ3) is 5.76. The maximum absolute atomic E-state index is 14.0. The monoisotopic (exact) mass is 630 g/mol. The first kappa shape index (κ1) is 30.3. The molecule has 2 aliphatic heterocycles. The van der Waals surface area contributed by atoms with Gasteiger partial charge in [-0.2, -0.15) is 26.3 Å². The van der Waals surface area contributed by atoms with Gasteiger partial charge in [0.15, 0.2) is 11.6 Å². The SMILES string of the molecule is O=C1Nc2ccc(Cl)cc2[C@@](C#CC2CC2)(C(F)(F)F)N1.O=C1Nc2ccc(F)c(F)c2[C@@](C#CC2CC2)(C(F)(F)F)N1. The van der Waals surface area contributed by atoms with Gasteiger partial charge in [0.1, 0.15) is 0 Å². The van der Waals surface area contributed by atoms with Crippen LogP contribution in [-0.2, 0) is 11.1 Å². The minimum absolute atomic E-state index is 0.0290. The van der Waals surface area contributed by atoms with Crippen LogP contribution in [0.2, 0.25) is 5.02 Å². The van der Waals surface area contributed by atoms with Crippen molar-refractivity contribution in [3.8, 4) is 23.7 Å². The van der Waals surface area contributed by atoms with Crippen LogP contribution < -0.4 is 21.3 Å². The summed E-state index contributed by atoms with van der Waals surface area (Å²) in [6.45, 7) is 0. The molecule has 2 aromatic rings. The van der Waals surface area contributed by atoms with Crippen LogP contribution in [-0.4, -0.2) is 24.4 Å². The third-order valence-corrected chi connectivity index (χ3v) is 7.12. The highest BCUT2D eigenvalue weighted by molar-refractivity contribution is 6.30. The Morgan fingerprint density at radius 1 is 0.744 bits per heavy atom. The molecule has 2 aliphatic carbocycles. The first-order valence-corrected chi connectivity index (χ1v) is 13.1. The highest BCUT2D eigenvalue weighted by Crippen LogP contribution is 2.47. The van der Waals surface area contributed by atoms with E-state index >= 15 is 0 Å². The van der Waals surface area contributed by atoms with E-state index in [0.29, 0.717) is 18.9 Å². The molecule has 0 saturated heterocycles. The summed E-state index contributed by atoms with van der Waals surface area (Å²) in [5.41, 5.74) is -7.61. The van der Waals surface area contributed by atoms with Crippen molar-refractivity contribution in [2.45, 2.75) is 49.1 Å². The van der Waals surface area contributed by atoms with Gasteiger partial charge in [0.25, 0.3) is 0 Å². The zero-order valence-corrected chi connectivity index (χ0v) is 22.3. The average molecular weight is 631 g/mol. The quantitative estimate of drug-likeness (QED) is 0.188. The molecule has 2 fully saturated rings. The molecule has 15 heteroatoms. The molecule has 2 heterocycles. The molecule has 2 saturated carbocycles. The maximum atomic E-state index is 14.0. The number of fused-ring (bicyclic) bond motifs is 2. The first-order chi connectivity index (χ1) is 20.1. The van der Waals surface area contributed by atoms with Gasteiger partial charge < -0.3 is 21.3 Å². The molecule has 0 unspecified atom stereocenters. The lowest BCUT2D eigenvalue weighted by Gasteiger charge is -2.37. The van der Waals surface area contributed by atoms with E-state index in [4.69, 9.17) is 11.6 Å². The average Bonchev–Trinajstić information content (AvgIpc) is 3.83. The van der Waals surface area contributed by atoms with Gasteiger partial charge in [-0.1, -0.05) is 35.3 Å². The molecule has 6 nitrogen and oxygen atoms in total. The topological polar surface area (TPSA) is 82.3 Å². The fraction of sp³-hybridized carbons (Fsp3) is 0.357. The minimum Gasteiger partial charge on any atom is -0.310 e. The molecule has 2 aromatic carbocycles. The summed E-state index contributed by atoms with van der Waals surface area (Å²) < 4.78 is 109. The molecule has 0 spiro atoms. The Kier molecular flexibility index (Phi) is 7.41. The van der Waals surface area contributed by atoms with Gasteiger partial charge in [-0.3, -0.25) is 0 Å². The summed E-state index contributed by atoms with van der Waals surface area (Å²) in [6, 6.07) is 3.35. The number of alkyl halides is 6. The summed E-state index contributed by atoms with van der Waals surface area (Å²) in [6.07, 6.45) is -7.01. The van der Waals surface area contributed by atoms with Crippen molar-refractivity contribution in [3.05, 3.63) is 58.1 Å². The molecule has 0 radical (unpaired) electrons. The van der Waals surface area contributed by atoms with Gasteiger partial charge in [0.2, 0.25) is 11.1 Å². The summed E-state index contributed by atoms with van der Waals surface area (Å²) >= 11 is 5.81. The normalized spacial score (nSPS) is 24.0. The Bertz CT molecular complexity index is 1630. The Balaban J connectivity index is 0.000000171. The highest BCUT2D eigenvalue weighted by atomic mass is 35.5. The molecule has 0 bridgehead atoms. The van der Waals surface area contributed by atoms with Gasteiger partial charge in [-0.15, -0.1) is 0 Å². The van der Waals surface area contributed by atoms with E-state index in [1.807, 2.05) is 16.6 Å². The summed E-state index contributed by atoms with van der Waals surface area (Å²) in [5.74, 6) is 5.78. The standard InChI is InChI=1S/C14H10ClF3N2O.C14H9F5N2O/c15-9-3-4-11-10(7-9)13(14(16,17)18,20-12(21)19-11)6-5-8-1-2-8;15-8-3-4-9-10(11(8)16)13(14(17,18)19,21-12(22)20-9)6-5-7-1-2-7/h3-4,7-8H,1-2H2,(H2,19,20,21);3-4,7H,1-2H2,(H2,20,21,22)/t2*13-/m00/s1. The van der Waals surface area contributed by atoms with E-state index in [1.165, 1.54) is 18.2 Å². The number of amides is 4. The lowest BCUT2D eigenvalue weighted by atomic mass is 9.85. The Labute approximate surface area is 243 Å². The Morgan fingerprint density at radius 2 is 1.23 bits per heavy atom. The first-order valence-electron chi connectivity index (χ1n) is 12.7. The molecule has 0 aromatic heterocycles. The number of rotatable bonds is 0. The van der Waals surface area contributed by atoms with Gasteiger partial charge in [-0.05, 0) is 56.0 Å². The number of halogens is 9. The van der Waals surface area contributed by atoms with E-state index < -0.39 is 58.4 Å². The van der Waals surface area contributed by atoms with Crippen molar-refractivity contribution < 1.29 is 44.7 Å². The molecular weight excluding hydrogens is 612 g/mol. The molecule has 2 atom stereocenters. The number of nitrogens with one attached hydrogen (secondary N) is 4. The zero-order valence-electron chi connectivity index (χ0n) is 21.6. The summed E-state index contributed by atoms with van der Waals surface area (Å²) in [7, 11) is 0. The van der Waals surface area contributed by atoms with Crippen LogP contribution in [0, 0.1) is 47.2 Å². The molecule has 226 valence electrons. The van der Waals surface area contributed by atoms with Crippen molar-refractivity contribution in [1.82, 2.24) is 10.6 Å². The zero-order chi connectivity index (χ0) is 31.4. The minimum atomic E-state index is -5.12. The van der Waals surface area contributed by atoms with Crippen molar-refractivity contribution in [2.24, 2.45) is 11.8 Å². The number of hydrogen-bond donors (Lipinski definition) is 4. The number of carbonyl (C=O) groups is 2. The van der Waals surface area contributed by atoms with Crippen molar-refractivity contribution >= 4 is 35.0 Å². The second-order valence-electron chi connectivity index (χ2n) is 10.2. The second-order valence-corrected chi connectivity index (χ2v) is 10.7. The highest BCUT2D eigenvalue weighted by Gasteiger charge is 2.61. The Hall–Kier alpha value is -4.17. The van der Waals surface area contributed by atoms with E-state index in [9.17, 15) is 44.7 Å². The van der Waals surface area contributed by atoms with E-state index in [-0.39, 0.29) is 28.1 Å². The van der Waals surface area contributed by atoms with Gasteiger partial charge in [0.05, 0.1) is 11.3 Å². The number of benzene rings is 2. The molecule has 43 heavy (non-hydrogen) atoms. The molecular formula is C28H19ClF8N4O2. The fourth-order valence-corrected chi connectivity index (χ4v) is 4.55. The summed E-state index contributed by atoms with van der Waals surface area (Å²) in [5, 5.41) is 8.07. The van der Waals surface area contributed by atoms with E-state index in [1.54, 1.807) is 5.32 Å². The van der Waals surface area contributed by atoms with Gasteiger partial charge in [0, 0.05) is 28.1 Å².